The van der Waals surface area contributed by atoms with Crippen LogP contribution in [0, 0.1) is 11.3 Å². The lowest BCUT2D eigenvalue weighted by Crippen LogP contribution is -2.37. The van der Waals surface area contributed by atoms with Crippen LogP contribution in [0.5, 0.6) is 0 Å². The summed E-state index contributed by atoms with van der Waals surface area (Å²) in [5.41, 5.74) is -0.127. The van der Waals surface area contributed by atoms with Gasteiger partial charge in [-0.3, -0.25) is 4.79 Å². The molecule has 1 aliphatic carbocycles. The molecule has 1 heterocycles. The van der Waals surface area contributed by atoms with Gasteiger partial charge in [-0.15, -0.1) is 0 Å². The maximum atomic E-state index is 11.2. The van der Waals surface area contributed by atoms with Gasteiger partial charge in [-0.1, -0.05) is 19.3 Å². The first-order valence-corrected chi connectivity index (χ1v) is 5.64. The van der Waals surface area contributed by atoms with Gasteiger partial charge in [-0.2, -0.15) is 0 Å². The first-order chi connectivity index (χ1) is 6.77. The van der Waals surface area contributed by atoms with Gasteiger partial charge in [0.25, 0.3) is 0 Å². The molecule has 0 aromatic rings. The Morgan fingerprint density at radius 1 is 1.36 bits per heavy atom. The molecule has 1 saturated heterocycles. The number of amides is 1. The van der Waals surface area contributed by atoms with E-state index in [4.69, 9.17) is 0 Å². The number of carbonyl (C=O) groups excluding carboxylic acids is 1. The fourth-order valence-electron chi connectivity index (χ4n) is 2.96. The van der Waals surface area contributed by atoms with Crippen molar-refractivity contribution in [2.75, 3.05) is 13.2 Å². The van der Waals surface area contributed by atoms with Gasteiger partial charge in [0, 0.05) is 18.4 Å². The standard InChI is InChI=1S/C11H19NO2/c13-8-11(6-10(14)12-7-11)9-4-2-1-3-5-9/h9,13H,1-8H2,(H,12,14). The predicted octanol–water partition coefficient (Wildman–Crippen LogP) is 1.07. The van der Waals surface area contributed by atoms with E-state index in [0.717, 1.165) is 0 Å². The van der Waals surface area contributed by atoms with E-state index in [-0.39, 0.29) is 17.9 Å². The second-order valence-corrected chi connectivity index (χ2v) is 4.81. The normalized spacial score (nSPS) is 34.5. The summed E-state index contributed by atoms with van der Waals surface area (Å²) in [5.74, 6) is 0.671. The molecule has 0 aromatic heterocycles. The van der Waals surface area contributed by atoms with E-state index in [2.05, 4.69) is 5.32 Å². The quantitative estimate of drug-likeness (QED) is 0.695. The molecule has 80 valence electrons. The molecule has 2 N–H and O–H groups in total. The minimum atomic E-state index is -0.127. The SMILES string of the molecule is O=C1CC(CO)(C2CCCCC2)CN1. The molecule has 0 spiro atoms. The van der Waals surface area contributed by atoms with Crippen molar-refractivity contribution in [3.63, 3.8) is 0 Å². The van der Waals surface area contributed by atoms with Crippen molar-refractivity contribution in [1.82, 2.24) is 5.32 Å². The van der Waals surface area contributed by atoms with Crippen molar-refractivity contribution in [3.8, 4) is 0 Å². The number of hydrogen-bond acceptors (Lipinski definition) is 2. The number of carbonyl (C=O) groups is 1. The summed E-state index contributed by atoms with van der Waals surface area (Å²) >= 11 is 0. The van der Waals surface area contributed by atoms with Gasteiger partial charge in [0.15, 0.2) is 0 Å². The van der Waals surface area contributed by atoms with Gasteiger partial charge >= 0.3 is 0 Å². The van der Waals surface area contributed by atoms with E-state index in [1.807, 2.05) is 0 Å². The molecular formula is C11H19NO2. The molecule has 2 aliphatic rings. The zero-order valence-corrected chi connectivity index (χ0v) is 8.59. The lowest BCUT2D eigenvalue weighted by atomic mass is 9.68. The summed E-state index contributed by atoms with van der Waals surface area (Å²) in [4.78, 5) is 11.2. The Hall–Kier alpha value is -0.570. The summed E-state index contributed by atoms with van der Waals surface area (Å²) in [6.07, 6.45) is 6.76. The fraction of sp³-hybridized carbons (Fsp3) is 0.909. The highest BCUT2D eigenvalue weighted by molar-refractivity contribution is 5.79. The third-order valence-corrected chi connectivity index (χ3v) is 3.94. The number of rotatable bonds is 2. The molecule has 3 heteroatoms. The van der Waals surface area contributed by atoms with Crippen molar-refractivity contribution in [1.29, 1.82) is 0 Å². The van der Waals surface area contributed by atoms with Crippen molar-refractivity contribution in [2.45, 2.75) is 38.5 Å². The highest BCUT2D eigenvalue weighted by Gasteiger charge is 2.44. The Labute approximate surface area is 84.9 Å². The molecule has 2 fully saturated rings. The molecule has 0 radical (unpaired) electrons. The van der Waals surface area contributed by atoms with Crippen LogP contribution < -0.4 is 5.32 Å². The molecule has 1 amide bonds. The van der Waals surface area contributed by atoms with Crippen LogP contribution in [0.1, 0.15) is 38.5 Å². The third kappa shape index (κ3) is 1.65. The van der Waals surface area contributed by atoms with E-state index in [0.29, 0.717) is 18.9 Å². The van der Waals surface area contributed by atoms with Gasteiger partial charge in [-0.25, -0.2) is 0 Å². The summed E-state index contributed by atoms with van der Waals surface area (Å²) in [5, 5.41) is 12.4. The van der Waals surface area contributed by atoms with Gasteiger partial charge < -0.3 is 10.4 Å². The zero-order valence-electron chi connectivity index (χ0n) is 8.59. The molecule has 2 rings (SSSR count). The maximum absolute atomic E-state index is 11.2. The summed E-state index contributed by atoms with van der Waals surface area (Å²) in [6, 6.07) is 0. The minimum absolute atomic E-state index is 0.115. The van der Waals surface area contributed by atoms with E-state index < -0.39 is 0 Å². The Balaban J connectivity index is 2.06. The maximum Gasteiger partial charge on any atom is 0.220 e. The van der Waals surface area contributed by atoms with Crippen LogP contribution in [-0.4, -0.2) is 24.2 Å². The molecule has 3 nitrogen and oxygen atoms in total. The van der Waals surface area contributed by atoms with Gasteiger partial charge in [0.2, 0.25) is 5.91 Å². The molecular weight excluding hydrogens is 178 g/mol. The second kappa shape index (κ2) is 3.89. The first-order valence-electron chi connectivity index (χ1n) is 5.64. The fourth-order valence-corrected chi connectivity index (χ4v) is 2.96. The average Bonchev–Trinajstić information content (AvgIpc) is 2.63. The molecule has 14 heavy (non-hydrogen) atoms. The van der Waals surface area contributed by atoms with Crippen molar-refractivity contribution < 1.29 is 9.90 Å². The number of aliphatic hydroxyl groups is 1. The molecule has 1 aliphatic heterocycles. The first kappa shape index (κ1) is 9.97. The van der Waals surface area contributed by atoms with Gasteiger partial charge in [0.05, 0.1) is 6.61 Å². The lowest BCUT2D eigenvalue weighted by molar-refractivity contribution is -0.120. The highest BCUT2D eigenvalue weighted by atomic mass is 16.3. The van der Waals surface area contributed by atoms with Crippen LogP contribution >= 0.6 is 0 Å². The van der Waals surface area contributed by atoms with Crippen LogP contribution in [-0.2, 0) is 4.79 Å². The zero-order chi connectivity index (χ0) is 10.0. The number of aliphatic hydroxyl groups excluding tert-OH is 1. The van der Waals surface area contributed by atoms with Crippen LogP contribution in [0.4, 0.5) is 0 Å². The minimum Gasteiger partial charge on any atom is -0.396 e. The second-order valence-electron chi connectivity index (χ2n) is 4.81. The van der Waals surface area contributed by atoms with Gasteiger partial charge in [-0.05, 0) is 18.8 Å². The topological polar surface area (TPSA) is 49.3 Å². The highest BCUT2D eigenvalue weighted by Crippen LogP contribution is 2.42. The van der Waals surface area contributed by atoms with Crippen molar-refractivity contribution in [3.05, 3.63) is 0 Å². The number of hydrogen-bond donors (Lipinski definition) is 2. The van der Waals surface area contributed by atoms with Crippen LogP contribution in [0.25, 0.3) is 0 Å². The predicted molar refractivity (Wildman–Crippen MR) is 53.7 cm³/mol. The van der Waals surface area contributed by atoms with E-state index >= 15 is 0 Å². The lowest BCUT2D eigenvalue weighted by Gasteiger charge is -2.37. The largest absolute Gasteiger partial charge is 0.396 e. The van der Waals surface area contributed by atoms with Crippen molar-refractivity contribution >= 4 is 5.91 Å². The number of nitrogens with one attached hydrogen (secondary N) is 1. The monoisotopic (exact) mass is 197 g/mol. The summed E-state index contributed by atoms with van der Waals surface area (Å²) in [6.45, 7) is 0.851. The average molecular weight is 197 g/mol. The Morgan fingerprint density at radius 3 is 2.57 bits per heavy atom. The molecule has 1 unspecified atom stereocenters. The van der Waals surface area contributed by atoms with E-state index in [9.17, 15) is 9.90 Å². The molecule has 0 bridgehead atoms. The van der Waals surface area contributed by atoms with Crippen LogP contribution in [0.2, 0.25) is 0 Å². The Kier molecular flexibility index (Phi) is 2.77. The molecule has 0 aromatic carbocycles. The smallest absolute Gasteiger partial charge is 0.220 e. The summed E-state index contributed by atoms with van der Waals surface area (Å²) in [7, 11) is 0. The van der Waals surface area contributed by atoms with Crippen LogP contribution in [0.15, 0.2) is 0 Å². The Bertz CT molecular complexity index is 223. The van der Waals surface area contributed by atoms with E-state index in [1.54, 1.807) is 0 Å². The van der Waals surface area contributed by atoms with E-state index in [1.165, 1.54) is 32.1 Å². The Morgan fingerprint density at radius 2 is 2.07 bits per heavy atom. The summed E-state index contributed by atoms with van der Waals surface area (Å²) < 4.78 is 0. The van der Waals surface area contributed by atoms with Crippen LogP contribution in [0.3, 0.4) is 0 Å². The third-order valence-electron chi connectivity index (χ3n) is 3.94. The molecule has 1 saturated carbocycles. The van der Waals surface area contributed by atoms with Crippen molar-refractivity contribution in [2.24, 2.45) is 11.3 Å². The molecule has 1 atom stereocenters. The van der Waals surface area contributed by atoms with Gasteiger partial charge in [0.1, 0.15) is 0 Å².